The summed E-state index contributed by atoms with van der Waals surface area (Å²) < 4.78 is 5.25. The normalized spacial score (nSPS) is 23.4. The second-order valence-corrected chi connectivity index (χ2v) is 4.74. The van der Waals surface area contributed by atoms with Crippen LogP contribution in [0, 0.1) is 6.92 Å². The largest absolute Gasteiger partial charge is 0.444 e. The highest BCUT2D eigenvalue weighted by Gasteiger charge is 2.27. The Hall–Kier alpha value is -0.730. The first-order chi connectivity index (χ1) is 6.40. The fraction of sp³-hybridized carbons (Fsp3) is 0.818. The van der Waals surface area contributed by atoms with Crippen molar-refractivity contribution in [2.75, 3.05) is 6.54 Å². The molecule has 1 fully saturated rings. The number of ether oxygens (including phenoxy) is 1. The summed E-state index contributed by atoms with van der Waals surface area (Å²) in [5.41, 5.74) is -0.436. The second-order valence-electron chi connectivity index (χ2n) is 4.74. The molecular weight excluding hydrogens is 178 g/mol. The van der Waals surface area contributed by atoms with Gasteiger partial charge in [-0.25, -0.2) is 4.79 Å². The summed E-state index contributed by atoms with van der Waals surface area (Å²) in [6, 6.07) is -0.168. The van der Waals surface area contributed by atoms with Crippen LogP contribution in [0.4, 0.5) is 4.79 Å². The van der Waals surface area contributed by atoms with Crippen LogP contribution in [-0.4, -0.2) is 29.2 Å². The molecule has 2 radical (unpaired) electrons. The number of amides is 1. The number of likely N-dealkylation sites (tertiary alicyclic amines) is 1. The Balaban J connectivity index is 2.50. The van der Waals surface area contributed by atoms with Crippen LogP contribution in [0.5, 0.6) is 0 Å². The van der Waals surface area contributed by atoms with Gasteiger partial charge in [-0.1, -0.05) is 0 Å². The molecule has 0 aliphatic carbocycles. The van der Waals surface area contributed by atoms with E-state index in [1.54, 1.807) is 4.90 Å². The molecule has 1 saturated heterocycles. The van der Waals surface area contributed by atoms with E-state index in [1.165, 1.54) is 0 Å². The van der Waals surface area contributed by atoms with Crippen LogP contribution in [0.25, 0.3) is 0 Å². The van der Waals surface area contributed by atoms with Crippen LogP contribution in [0.3, 0.4) is 0 Å². The summed E-state index contributed by atoms with van der Waals surface area (Å²) in [5, 5.41) is 0. The molecule has 14 heavy (non-hydrogen) atoms. The van der Waals surface area contributed by atoms with Crippen LogP contribution in [-0.2, 0) is 4.74 Å². The van der Waals surface area contributed by atoms with Crippen LogP contribution in [0.1, 0.15) is 40.0 Å². The lowest BCUT2D eigenvalue weighted by molar-refractivity contribution is 0.0147. The van der Waals surface area contributed by atoms with Crippen molar-refractivity contribution >= 4 is 6.09 Å². The highest BCUT2D eigenvalue weighted by Crippen LogP contribution is 2.19. The Kier molecular flexibility index (Phi) is 3.40. The lowest BCUT2D eigenvalue weighted by Gasteiger charge is -2.34. The Labute approximate surface area is 86.4 Å². The standard InChI is InChI=1S/C11H19NO2/c1-9-7-5-6-8-12(9)10(13)14-11(2,3)4/h1,9H,5-8H2,2-4H3. The van der Waals surface area contributed by atoms with Crippen molar-refractivity contribution in [2.45, 2.75) is 51.7 Å². The predicted octanol–water partition coefficient (Wildman–Crippen LogP) is 2.49. The smallest absolute Gasteiger partial charge is 0.410 e. The lowest BCUT2D eigenvalue weighted by atomic mass is 10.0. The first kappa shape index (κ1) is 11.3. The molecule has 1 aliphatic rings. The van der Waals surface area contributed by atoms with Crippen molar-refractivity contribution < 1.29 is 9.53 Å². The Bertz CT molecular complexity index is 208. The molecule has 0 saturated carbocycles. The molecule has 80 valence electrons. The Morgan fingerprint density at radius 2 is 2.07 bits per heavy atom. The van der Waals surface area contributed by atoms with Crippen molar-refractivity contribution in [3.63, 3.8) is 0 Å². The van der Waals surface area contributed by atoms with Crippen molar-refractivity contribution in [1.82, 2.24) is 4.90 Å². The third kappa shape index (κ3) is 3.20. The quantitative estimate of drug-likeness (QED) is 0.597. The van der Waals surface area contributed by atoms with E-state index in [9.17, 15) is 4.79 Å². The Morgan fingerprint density at radius 1 is 1.43 bits per heavy atom. The SMILES string of the molecule is [CH]C1CCCCN1C(=O)OC(C)(C)C. The summed E-state index contributed by atoms with van der Waals surface area (Å²) in [6.45, 7) is 12.1. The van der Waals surface area contributed by atoms with Gasteiger partial charge in [0.2, 0.25) is 0 Å². The minimum Gasteiger partial charge on any atom is -0.444 e. The molecule has 0 bridgehead atoms. The summed E-state index contributed by atoms with van der Waals surface area (Å²) >= 11 is 0. The minimum atomic E-state index is -0.436. The molecular formula is C11H19NO2. The summed E-state index contributed by atoms with van der Waals surface area (Å²) in [7, 11) is 0. The number of nitrogens with zero attached hydrogens (tertiary/aromatic N) is 1. The van der Waals surface area contributed by atoms with E-state index < -0.39 is 5.60 Å². The Morgan fingerprint density at radius 3 is 2.57 bits per heavy atom. The second kappa shape index (κ2) is 4.20. The highest BCUT2D eigenvalue weighted by atomic mass is 16.6. The summed E-state index contributed by atoms with van der Waals surface area (Å²) in [5.74, 6) is 0. The number of rotatable bonds is 0. The number of hydrogen-bond donors (Lipinski definition) is 0. The molecule has 3 nitrogen and oxygen atoms in total. The van der Waals surface area contributed by atoms with E-state index >= 15 is 0 Å². The number of carbonyl (C=O) groups is 1. The van der Waals surface area contributed by atoms with Crippen molar-refractivity contribution in [3.05, 3.63) is 6.92 Å². The van der Waals surface area contributed by atoms with Crippen molar-refractivity contribution in [1.29, 1.82) is 0 Å². The number of piperidine rings is 1. The molecule has 1 rings (SSSR count). The van der Waals surface area contributed by atoms with E-state index in [-0.39, 0.29) is 12.1 Å². The zero-order chi connectivity index (χ0) is 10.8. The first-order valence-electron chi connectivity index (χ1n) is 5.15. The van der Waals surface area contributed by atoms with Gasteiger partial charge < -0.3 is 9.64 Å². The van der Waals surface area contributed by atoms with Gasteiger partial charge in [-0.2, -0.15) is 0 Å². The van der Waals surface area contributed by atoms with E-state index in [4.69, 9.17) is 11.7 Å². The van der Waals surface area contributed by atoms with Gasteiger partial charge in [-0.05, 0) is 47.0 Å². The summed E-state index contributed by atoms with van der Waals surface area (Å²) in [4.78, 5) is 13.3. The maximum absolute atomic E-state index is 11.6. The minimum absolute atomic E-state index is 0.168. The molecule has 1 atom stereocenters. The predicted molar refractivity (Wildman–Crippen MR) is 54.9 cm³/mol. The summed E-state index contributed by atoms with van der Waals surface area (Å²) in [6.07, 6.45) is 2.71. The number of hydrogen-bond acceptors (Lipinski definition) is 2. The topological polar surface area (TPSA) is 29.5 Å². The first-order valence-corrected chi connectivity index (χ1v) is 5.15. The molecule has 0 spiro atoms. The van der Waals surface area contributed by atoms with Crippen LogP contribution >= 0.6 is 0 Å². The van der Waals surface area contributed by atoms with Crippen LogP contribution in [0.15, 0.2) is 0 Å². The van der Waals surface area contributed by atoms with Crippen LogP contribution in [0.2, 0.25) is 0 Å². The molecule has 1 heterocycles. The third-order valence-electron chi connectivity index (χ3n) is 2.18. The van der Waals surface area contributed by atoms with Crippen LogP contribution < -0.4 is 0 Å². The van der Waals surface area contributed by atoms with E-state index in [1.807, 2.05) is 20.8 Å². The average molecular weight is 197 g/mol. The average Bonchev–Trinajstić information content (AvgIpc) is 2.01. The third-order valence-corrected chi connectivity index (χ3v) is 2.18. The molecule has 1 amide bonds. The van der Waals surface area contributed by atoms with E-state index in [0.29, 0.717) is 0 Å². The maximum atomic E-state index is 11.6. The molecule has 0 N–H and O–H groups in total. The number of carbonyl (C=O) groups excluding carboxylic acids is 1. The van der Waals surface area contributed by atoms with Gasteiger partial charge in [0.05, 0.1) is 0 Å². The molecule has 3 heteroatoms. The highest BCUT2D eigenvalue weighted by molar-refractivity contribution is 5.68. The van der Waals surface area contributed by atoms with Gasteiger partial charge in [0.1, 0.15) is 5.60 Å². The van der Waals surface area contributed by atoms with Gasteiger partial charge in [0.25, 0.3) is 0 Å². The van der Waals surface area contributed by atoms with Gasteiger partial charge in [-0.3, -0.25) is 0 Å². The molecule has 1 unspecified atom stereocenters. The van der Waals surface area contributed by atoms with E-state index in [0.717, 1.165) is 25.8 Å². The molecule has 0 aromatic heterocycles. The van der Waals surface area contributed by atoms with Crippen molar-refractivity contribution in [2.24, 2.45) is 0 Å². The van der Waals surface area contributed by atoms with E-state index in [2.05, 4.69) is 0 Å². The van der Waals surface area contributed by atoms with Gasteiger partial charge in [-0.15, -0.1) is 0 Å². The maximum Gasteiger partial charge on any atom is 0.410 e. The zero-order valence-corrected chi connectivity index (χ0v) is 9.25. The monoisotopic (exact) mass is 197 g/mol. The zero-order valence-electron chi connectivity index (χ0n) is 9.25. The molecule has 1 aliphatic heterocycles. The molecule has 0 aromatic rings. The van der Waals surface area contributed by atoms with Crippen molar-refractivity contribution in [3.8, 4) is 0 Å². The van der Waals surface area contributed by atoms with Gasteiger partial charge in [0, 0.05) is 12.6 Å². The van der Waals surface area contributed by atoms with Gasteiger partial charge >= 0.3 is 6.09 Å². The van der Waals surface area contributed by atoms with Gasteiger partial charge in [0.15, 0.2) is 0 Å². The fourth-order valence-corrected chi connectivity index (χ4v) is 1.50. The molecule has 0 aromatic carbocycles. The fourth-order valence-electron chi connectivity index (χ4n) is 1.50. The lowest BCUT2D eigenvalue weighted by Crippen LogP contribution is -2.44.